The van der Waals surface area contributed by atoms with Gasteiger partial charge in [-0.3, -0.25) is 9.89 Å². The van der Waals surface area contributed by atoms with Crippen LogP contribution in [-0.2, 0) is 0 Å². The van der Waals surface area contributed by atoms with Crippen molar-refractivity contribution < 1.29 is 19.4 Å². The zero-order valence-electron chi connectivity index (χ0n) is 11.9. The average Bonchev–Trinajstić information content (AvgIpc) is 3.23. The van der Waals surface area contributed by atoms with E-state index in [0.29, 0.717) is 17.3 Å². The van der Waals surface area contributed by atoms with Crippen LogP contribution in [-0.4, -0.2) is 34.3 Å². The molecule has 0 atom stereocenters. The maximum Gasteiger partial charge on any atom is 0.339 e. The number of nitrogens with zero attached hydrogens (tertiary/aromatic N) is 1. The van der Waals surface area contributed by atoms with E-state index in [2.05, 4.69) is 15.5 Å². The molecule has 1 aromatic carbocycles. The van der Waals surface area contributed by atoms with Crippen molar-refractivity contribution in [3.8, 4) is 5.75 Å². The van der Waals surface area contributed by atoms with E-state index in [9.17, 15) is 9.59 Å². The molecule has 7 heteroatoms. The van der Waals surface area contributed by atoms with E-state index in [0.717, 1.165) is 18.5 Å². The SMILES string of the molecule is COc1cc(NC(=O)c2cc(C3CC3)[nH]n2)ccc1C(=O)O. The Balaban J connectivity index is 1.76. The fourth-order valence-corrected chi connectivity index (χ4v) is 2.20. The van der Waals surface area contributed by atoms with Crippen molar-refractivity contribution in [3.05, 3.63) is 41.2 Å². The number of H-pyrrole nitrogens is 1. The molecule has 1 amide bonds. The Bertz CT molecular complexity index is 734. The van der Waals surface area contributed by atoms with Crippen LogP contribution in [0.3, 0.4) is 0 Å². The first-order chi connectivity index (χ1) is 10.6. The van der Waals surface area contributed by atoms with Crippen molar-refractivity contribution in [2.24, 2.45) is 0 Å². The van der Waals surface area contributed by atoms with E-state index in [1.807, 2.05) is 0 Å². The number of ether oxygens (including phenoxy) is 1. The molecule has 1 aliphatic rings. The molecule has 0 unspecified atom stereocenters. The van der Waals surface area contributed by atoms with Gasteiger partial charge in [0, 0.05) is 23.4 Å². The summed E-state index contributed by atoms with van der Waals surface area (Å²) in [5.41, 5.74) is 1.77. The molecule has 0 aliphatic heterocycles. The molecule has 2 aromatic rings. The van der Waals surface area contributed by atoms with Gasteiger partial charge in [0.2, 0.25) is 0 Å². The number of amides is 1. The lowest BCUT2D eigenvalue weighted by molar-refractivity contribution is 0.0693. The second-order valence-electron chi connectivity index (χ2n) is 5.16. The number of carboxylic acids is 1. The third kappa shape index (κ3) is 2.78. The van der Waals surface area contributed by atoms with Crippen LogP contribution >= 0.6 is 0 Å². The van der Waals surface area contributed by atoms with Crippen LogP contribution in [0.25, 0.3) is 0 Å². The molecule has 22 heavy (non-hydrogen) atoms. The minimum absolute atomic E-state index is 0.0382. The molecule has 0 spiro atoms. The monoisotopic (exact) mass is 301 g/mol. The van der Waals surface area contributed by atoms with Gasteiger partial charge < -0.3 is 15.2 Å². The van der Waals surface area contributed by atoms with Crippen molar-refractivity contribution in [2.75, 3.05) is 12.4 Å². The predicted molar refractivity (Wildman–Crippen MR) is 78.5 cm³/mol. The first-order valence-electron chi connectivity index (χ1n) is 6.86. The number of hydrogen-bond acceptors (Lipinski definition) is 4. The van der Waals surface area contributed by atoms with Gasteiger partial charge in [0.05, 0.1) is 7.11 Å². The normalized spacial score (nSPS) is 13.7. The quantitative estimate of drug-likeness (QED) is 0.785. The summed E-state index contributed by atoms with van der Waals surface area (Å²) in [5.74, 6) is -0.764. The minimum atomic E-state index is -1.09. The number of carbonyl (C=O) groups excluding carboxylic acids is 1. The molecular formula is C15H15N3O4. The summed E-state index contributed by atoms with van der Waals surface area (Å²) < 4.78 is 5.02. The van der Waals surface area contributed by atoms with E-state index >= 15 is 0 Å². The van der Waals surface area contributed by atoms with Crippen LogP contribution in [0.4, 0.5) is 5.69 Å². The van der Waals surface area contributed by atoms with Crippen molar-refractivity contribution in [1.82, 2.24) is 10.2 Å². The number of carboxylic acid groups (broad SMARTS) is 1. The van der Waals surface area contributed by atoms with Crippen LogP contribution in [0.1, 0.15) is 45.3 Å². The molecule has 1 saturated carbocycles. The number of rotatable bonds is 5. The number of nitrogens with one attached hydrogen (secondary N) is 2. The number of anilines is 1. The Kier molecular flexibility index (Phi) is 3.54. The molecule has 3 N–H and O–H groups in total. The Morgan fingerprint density at radius 1 is 1.36 bits per heavy atom. The van der Waals surface area contributed by atoms with E-state index in [1.54, 1.807) is 6.07 Å². The summed E-state index contributed by atoms with van der Waals surface area (Å²) in [4.78, 5) is 23.2. The second-order valence-corrected chi connectivity index (χ2v) is 5.16. The Morgan fingerprint density at radius 3 is 2.77 bits per heavy atom. The van der Waals surface area contributed by atoms with Gasteiger partial charge in [-0.25, -0.2) is 4.79 Å². The Morgan fingerprint density at radius 2 is 2.14 bits per heavy atom. The highest BCUT2D eigenvalue weighted by Crippen LogP contribution is 2.39. The maximum atomic E-state index is 12.1. The smallest absolute Gasteiger partial charge is 0.339 e. The number of aromatic nitrogens is 2. The lowest BCUT2D eigenvalue weighted by Gasteiger charge is -2.08. The molecule has 1 heterocycles. The summed E-state index contributed by atoms with van der Waals surface area (Å²) in [6, 6.07) is 6.11. The van der Waals surface area contributed by atoms with E-state index in [-0.39, 0.29) is 17.2 Å². The molecule has 3 rings (SSSR count). The molecule has 1 aliphatic carbocycles. The number of methoxy groups -OCH3 is 1. The fraction of sp³-hybridized carbons (Fsp3) is 0.267. The van der Waals surface area contributed by atoms with Crippen molar-refractivity contribution in [2.45, 2.75) is 18.8 Å². The molecule has 1 fully saturated rings. The van der Waals surface area contributed by atoms with Gasteiger partial charge in [-0.05, 0) is 31.0 Å². The van der Waals surface area contributed by atoms with Crippen LogP contribution in [0.2, 0.25) is 0 Å². The van der Waals surface area contributed by atoms with Crippen molar-refractivity contribution in [3.63, 3.8) is 0 Å². The van der Waals surface area contributed by atoms with Gasteiger partial charge in [0.15, 0.2) is 5.69 Å². The number of aromatic carboxylic acids is 1. The zero-order chi connectivity index (χ0) is 15.7. The standard InChI is InChI=1S/C15H15N3O4/c1-22-13-6-9(4-5-10(13)15(20)21)16-14(19)12-7-11(17-18-12)8-2-3-8/h4-8H,2-3H2,1H3,(H,16,19)(H,17,18)(H,20,21). The first-order valence-corrected chi connectivity index (χ1v) is 6.86. The summed E-state index contributed by atoms with van der Waals surface area (Å²) in [6.07, 6.45) is 2.24. The molecule has 0 bridgehead atoms. The Hall–Kier alpha value is -2.83. The van der Waals surface area contributed by atoms with E-state index in [1.165, 1.54) is 25.3 Å². The summed E-state index contributed by atoms with van der Waals surface area (Å²) in [7, 11) is 1.38. The summed E-state index contributed by atoms with van der Waals surface area (Å²) >= 11 is 0. The van der Waals surface area contributed by atoms with Crippen molar-refractivity contribution >= 4 is 17.6 Å². The molecule has 0 saturated heterocycles. The summed E-state index contributed by atoms with van der Waals surface area (Å²) in [6.45, 7) is 0. The van der Waals surface area contributed by atoms with Gasteiger partial charge in [0.25, 0.3) is 5.91 Å². The molecular weight excluding hydrogens is 286 g/mol. The van der Waals surface area contributed by atoms with Gasteiger partial charge in [-0.15, -0.1) is 0 Å². The highest BCUT2D eigenvalue weighted by Gasteiger charge is 2.26. The Labute approximate surface area is 126 Å². The largest absolute Gasteiger partial charge is 0.496 e. The number of aromatic amines is 1. The lowest BCUT2D eigenvalue weighted by atomic mass is 10.1. The predicted octanol–water partition coefficient (Wildman–Crippen LogP) is 2.25. The highest BCUT2D eigenvalue weighted by molar-refractivity contribution is 6.03. The molecule has 0 radical (unpaired) electrons. The maximum absolute atomic E-state index is 12.1. The lowest BCUT2D eigenvalue weighted by Crippen LogP contribution is -2.13. The van der Waals surface area contributed by atoms with E-state index < -0.39 is 5.97 Å². The topological polar surface area (TPSA) is 104 Å². The van der Waals surface area contributed by atoms with Crippen LogP contribution in [0.15, 0.2) is 24.3 Å². The molecule has 7 nitrogen and oxygen atoms in total. The second kappa shape index (κ2) is 5.51. The highest BCUT2D eigenvalue weighted by atomic mass is 16.5. The van der Waals surface area contributed by atoms with Gasteiger partial charge in [-0.2, -0.15) is 5.10 Å². The van der Waals surface area contributed by atoms with Gasteiger partial charge >= 0.3 is 5.97 Å². The zero-order valence-corrected chi connectivity index (χ0v) is 11.9. The third-order valence-electron chi connectivity index (χ3n) is 3.54. The molecule has 114 valence electrons. The van der Waals surface area contributed by atoms with Gasteiger partial charge in [-0.1, -0.05) is 0 Å². The average molecular weight is 301 g/mol. The van der Waals surface area contributed by atoms with Crippen LogP contribution in [0, 0.1) is 0 Å². The van der Waals surface area contributed by atoms with Crippen molar-refractivity contribution in [1.29, 1.82) is 0 Å². The van der Waals surface area contributed by atoms with Crippen LogP contribution < -0.4 is 10.1 Å². The van der Waals surface area contributed by atoms with E-state index in [4.69, 9.17) is 9.84 Å². The third-order valence-corrected chi connectivity index (χ3v) is 3.54. The fourth-order valence-electron chi connectivity index (χ4n) is 2.20. The molecule has 1 aromatic heterocycles. The number of benzene rings is 1. The van der Waals surface area contributed by atoms with Gasteiger partial charge in [0.1, 0.15) is 11.3 Å². The minimum Gasteiger partial charge on any atom is -0.496 e. The summed E-state index contributed by atoms with van der Waals surface area (Å²) in [5, 5.41) is 18.6. The number of carbonyl (C=O) groups is 2. The first kappa shape index (κ1) is 14.1. The van der Waals surface area contributed by atoms with Crippen LogP contribution in [0.5, 0.6) is 5.75 Å². The number of hydrogen-bond donors (Lipinski definition) is 3.